The molecule has 0 aromatic heterocycles. The Hall–Kier alpha value is -1.46. The fourth-order valence-electron chi connectivity index (χ4n) is 2.81. The zero-order chi connectivity index (χ0) is 12.4. The molecule has 2 rings (SSSR count). The van der Waals surface area contributed by atoms with Gasteiger partial charge in [-0.1, -0.05) is 12.8 Å². The van der Waals surface area contributed by atoms with Crippen LogP contribution < -0.4 is 0 Å². The number of amides is 2. The number of nitrogens with zero attached hydrogens (tertiary/aromatic N) is 2. The van der Waals surface area contributed by atoms with Crippen molar-refractivity contribution in [3.05, 3.63) is 0 Å². The second-order valence-corrected chi connectivity index (χ2v) is 4.44. The van der Waals surface area contributed by atoms with Crippen LogP contribution in [0.2, 0.25) is 0 Å². The summed E-state index contributed by atoms with van der Waals surface area (Å²) in [5.41, 5.74) is 0. The van der Waals surface area contributed by atoms with E-state index in [2.05, 4.69) is 0 Å². The predicted octanol–water partition coefficient (Wildman–Crippen LogP) is 1.41. The number of methoxy groups -OCH3 is 2. The summed E-state index contributed by atoms with van der Waals surface area (Å²) >= 11 is 0. The van der Waals surface area contributed by atoms with Crippen LogP contribution >= 0.6 is 0 Å². The minimum Gasteiger partial charge on any atom is -0.453 e. The summed E-state index contributed by atoms with van der Waals surface area (Å²) in [7, 11) is 2.72. The van der Waals surface area contributed by atoms with Gasteiger partial charge in [0.15, 0.2) is 0 Å². The molecule has 2 amide bonds. The maximum Gasteiger partial charge on any atom is 0.411 e. The van der Waals surface area contributed by atoms with Crippen molar-refractivity contribution in [2.75, 3.05) is 20.9 Å². The minimum atomic E-state index is -0.367. The second kappa shape index (κ2) is 4.81. The minimum absolute atomic E-state index is 0.0790. The Morgan fingerprint density at radius 3 is 1.71 bits per heavy atom. The summed E-state index contributed by atoms with van der Waals surface area (Å²) in [6.45, 7) is 0.273. The molecule has 1 saturated carbocycles. The van der Waals surface area contributed by atoms with Gasteiger partial charge in [0.1, 0.15) is 6.67 Å². The highest BCUT2D eigenvalue weighted by molar-refractivity contribution is 5.73. The van der Waals surface area contributed by atoms with Gasteiger partial charge in [-0.05, 0) is 12.8 Å². The van der Waals surface area contributed by atoms with Gasteiger partial charge in [-0.15, -0.1) is 0 Å². The van der Waals surface area contributed by atoms with Gasteiger partial charge in [0.2, 0.25) is 0 Å². The standard InChI is InChI=1S/C11H18N2O4/c1-16-10(14)12-7-13(11(15)17-2)9-6-4-3-5-8(9)12/h8-9H,3-7H2,1-2H3/t8-,9-/m1/s1. The molecule has 6 heteroatoms. The Morgan fingerprint density at radius 1 is 0.941 bits per heavy atom. The van der Waals surface area contributed by atoms with Crippen LogP contribution in [0.5, 0.6) is 0 Å². The molecular formula is C11H18N2O4. The molecule has 17 heavy (non-hydrogen) atoms. The van der Waals surface area contributed by atoms with E-state index in [4.69, 9.17) is 9.47 Å². The summed E-state index contributed by atoms with van der Waals surface area (Å²) in [5, 5.41) is 0. The molecule has 2 atom stereocenters. The molecule has 1 heterocycles. The Balaban J connectivity index is 2.16. The van der Waals surface area contributed by atoms with Gasteiger partial charge in [-0.2, -0.15) is 0 Å². The van der Waals surface area contributed by atoms with Gasteiger partial charge >= 0.3 is 12.2 Å². The summed E-state index contributed by atoms with van der Waals surface area (Å²) < 4.78 is 9.51. The first-order chi connectivity index (χ1) is 8.19. The molecule has 2 fully saturated rings. The van der Waals surface area contributed by atoms with E-state index in [1.165, 1.54) is 14.2 Å². The van der Waals surface area contributed by atoms with E-state index in [0.717, 1.165) is 25.7 Å². The van der Waals surface area contributed by atoms with Crippen molar-refractivity contribution in [3.8, 4) is 0 Å². The molecule has 0 spiro atoms. The zero-order valence-electron chi connectivity index (χ0n) is 10.2. The van der Waals surface area contributed by atoms with Crippen LogP contribution in [0.25, 0.3) is 0 Å². The van der Waals surface area contributed by atoms with Gasteiger partial charge < -0.3 is 9.47 Å². The topological polar surface area (TPSA) is 59.1 Å². The van der Waals surface area contributed by atoms with Crippen LogP contribution in [0.15, 0.2) is 0 Å². The van der Waals surface area contributed by atoms with E-state index in [-0.39, 0.29) is 30.9 Å². The molecule has 6 nitrogen and oxygen atoms in total. The molecule has 1 aliphatic heterocycles. The van der Waals surface area contributed by atoms with Crippen LogP contribution in [0, 0.1) is 0 Å². The van der Waals surface area contributed by atoms with Crippen molar-refractivity contribution in [1.29, 1.82) is 0 Å². The van der Waals surface area contributed by atoms with Crippen molar-refractivity contribution in [2.45, 2.75) is 37.8 Å². The van der Waals surface area contributed by atoms with Crippen molar-refractivity contribution in [1.82, 2.24) is 9.80 Å². The molecule has 2 aliphatic rings. The Bertz CT molecular complexity index is 291. The van der Waals surface area contributed by atoms with Crippen LogP contribution in [-0.2, 0) is 9.47 Å². The second-order valence-electron chi connectivity index (χ2n) is 4.44. The molecule has 0 bridgehead atoms. The van der Waals surface area contributed by atoms with Gasteiger partial charge in [0.25, 0.3) is 0 Å². The lowest BCUT2D eigenvalue weighted by Crippen LogP contribution is -2.43. The number of carbonyl (C=O) groups is 2. The Labute approximate surface area is 100 Å². The lowest BCUT2D eigenvalue weighted by Gasteiger charge is -2.30. The maximum absolute atomic E-state index is 11.7. The van der Waals surface area contributed by atoms with Crippen molar-refractivity contribution in [2.24, 2.45) is 0 Å². The first-order valence-corrected chi connectivity index (χ1v) is 5.88. The molecule has 0 aromatic carbocycles. The monoisotopic (exact) mass is 242 g/mol. The number of hydrogen-bond acceptors (Lipinski definition) is 4. The third-order valence-electron chi connectivity index (χ3n) is 3.62. The van der Waals surface area contributed by atoms with E-state index in [1.54, 1.807) is 9.80 Å². The maximum atomic E-state index is 11.7. The smallest absolute Gasteiger partial charge is 0.411 e. The van der Waals surface area contributed by atoms with E-state index in [1.807, 2.05) is 0 Å². The van der Waals surface area contributed by atoms with Gasteiger partial charge in [-0.3, -0.25) is 9.80 Å². The number of rotatable bonds is 0. The highest BCUT2D eigenvalue weighted by Crippen LogP contribution is 2.33. The normalized spacial score (nSPS) is 27.6. The zero-order valence-corrected chi connectivity index (χ0v) is 10.2. The van der Waals surface area contributed by atoms with Crippen LogP contribution in [0.4, 0.5) is 9.59 Å². The largest absolute Gasteiger partial charge is 0.453 e. The molecule has 0 aromatic rings. The molecule has 0 radical (unpaired) electrons. The lowest BCUT2D eigenvalue weighted by atomic mass is 9.90. The Kier molecular flexibility index (Phi) is 3.40. The molecular weight excluding hydrogens is 224 g/mol. The summed E-state index contributed by atoms with van der Waals surface area (Å²) in [6.07, 6.45) is 3.29. The molecule has 0 N–H and O–H groups in total. The van der Waals surface area contributed by atoms with Crippen LogP contribution in [-0.4, -0.2) is 55.0 Å². The Morgan fingerprint density at radius 2 is 1.35 bits per heavy atom. The van der Waals surface area contributed by atoms with Crippen molar-refractivity contribution >= 4 is 12.2 Å². The first kappa shape index (κ1) is 12.0. The van der Waals surface area contributed by atoms with E-state index < -0.39 is 0 Å². The summed E-state index contributed by atoms with van der Waals surface area (Å²) in [5.74, 6) is 0. The first-order valence-electron chi connectivity index (χ1n) is 5.88. The highest BCUT2D eigenvalue weighted by Gasteiger charge is 2.46. The fraction of sp³-hybridized carbons (Fsp3) is 0.818. The van der Waals surface area contributed by atoms with Gasteiger partial charge in [0.05, 0.1) is 26.3 Å². The average Bonchev–Trinajstić information content (AvgIpc) is 2.76. The summed E-state index contributed by atoms with van der Waals surface area (Å²) in [6, 6.07) is 0.158. The number of fused-ring (bicyclic) bond motifs is 1. The molecule has 96 valence electrons. The molecule has 0 unspecified atom stereocenters. The average molecular weight is 242 g/mol. The van der Waals surface area contributed by atoms with Crippen molar-refractivity contribution in [3.63, 3.8) is 0 Å². The van der Waals surface area contributed by atoms with E-state index in [0.29, 0.717) is 0 Å². The number of ether oxygens (including phenoxy) is 2. The fourth-order valence-corrected chi connectivity index (χ4v) is 2.81. The SMILES string of the molecule is COC(=O)N1CN(C(=O)OC)[C@@H]2CCCC[C@H]21. The predicted molar refractivity (Wildman–Crippen MR) is 59.4 cm³/mol. The number of carbonyl (C=O) groups excluding carboxylic acids is 2. The lowest BCUT2D eigenvalue weighted by molar-refractivity contribution is 0.105. The van der Waals surface area contributed by atoms with Crippen LogP contribution in [0.3, 0.4) is 0 Å². The van der Waals surface area contributed by atoms with Crippen LogP contribution in [0.1, 0.15) is 25.7 Å². The molecule has 1 aliphatic carbocycles. The number of hydrogen-bond donors (Lipinski definition) is 0. The highest BCUT2D eigenvalue weighted by atomic mass is 16.6. The van der Waals surface area contributed by atoms with E-state index in [9.17, 15) is 9.59 Å². The van der Waals surface area contributed by atoms with E-state index >= 15 is 0 Å². The third-order valence-corrected chi connectivity index (χ3v) is 3.62. The summed E-state index contributed by atoms with van der Waals surface area (Å²) in [4.78, 5) is 26.6. The quantitative estimate of drug-likeness (QED) is 0.644. The molecule has 1 saturated heterocycles. The van der Waals surface area contributed by atoms with Gasteiger partial charge in [-0.25, -0.2) is 9.59 Å². The third kappa shape index (κ3) is 2.03. The van der Waals surface area contributed by atoms with Crippen molar-refractivity contribution < 1.29 is 19.1 Å². The van der Waals surface area contributed by atoms with Gasteiger partial charge in [0, 0.05) is 0 Å².